The van der Waals surface area contributed by atoms with Crippen molar-refractivity contribution in [1.29, 1.82) is 0 Å². The fraction of sp³-hybridized carbons (Fsp3) is 0.737. The van der Waals surface area contributed by atoms with Gasteiger partial charge in [0.2, 0.25) is 35.7 Å². The number of hydrogen-bond acceptors (Lipinski definition) is 12. The number of ether oxygens (including phenoxy) is 4. The largest absolute Gasteiger partial charge is 0.530 e. The van der Waals surface area contributed by atoms with E-state index in [4.69, 9.17) is 52.1 Å². The van der Waals surface area contributed by atoms with E-state index in [-0.39, 0.29) is 42.3 Å². The maximum absolute atomic E-state index is 15.0. The Labute approximate surface area is 324 Å². The lowest BCUT2D eigenvalue weighted by atomic mass is 9.59. The van der Waals surface area contributed by atoms with Crippen molar-refractivity contribution < 1.29 is 83.0 Å². The first-order valence-electron chi connectivity index (χ1n) is 19.5. The van der Waals surface area contributed by atoms with Crippen LogP contribution < -0.4 is 4.52 Å². The van der Waals surface area contributed by atoms with Crippen LogP contribution in [0.1, 0.15) is 79.1 Å². The highest BCUT2D eigenvalue weighted by molar-refractivity contribution is 7.48. The van der Waals surface area contributed by atoms with Crippen LogP contribution in [-0.2, 0) is 52.1 Å². The van der Waals surface area contributed by atoms with Crippen LogP contribution >= 0.6 is 7.82 Å². The van der Waals surface area contributed by atoms with E-state index in [0.29, 0.717) is 38.5 Å². The number of halogens is 6. The van der Waals surface area contributed by atoms with E-state index in [2.05, 4.69) is 0 Å². The van der Waals surface area contributed by atoms with E-state index in [1.165, 1.54) is 24.3 Å². The van der Waals surface area contributed by atoms with Crippen LogP contribution in [0.3, 0.4) is 0 Å². The maximum Gasteiger partial charge on any atom is 0.530 e. The molecule has 12 nitrogen and oxygen atoms in total. The molecule has 0 N–H and O–H groups in total. The van der Waals surface area contributed by atoms with Crippen LogP contribution in [-0.4, -0.2) is 60.9 Å². The molecule has 0 amide bonds. The van der Waals surface area contributed by atoms with Crippen molar-refractivity contribution in [3.05, 3.63) is 53.0 Å². The SMILES string of the molecule is C[C@@H]1CC[C@H]2C(COP(=O)(OCC3=C(C(F)(F)F)O[C@@H]4O[C@]5(C)CCC6[C@H](C)CC[C@@H]3[C@]64OO5)Oc3ccccc3)=C(C(F)(F)F)OC3O[C@]4(C)CCC1[C@]32OO4. The molecular weight excluding hydrogens is 793 g/mol. The van der Waals surface area contributed by atoms with Crippen molar-refractivity contribution >= 4 is 7.82 Å². The molecule has 316 valence electrons. The van der Waals surface area contributed by atoms with Crippen molar-refractivity contribution in [2.45, 2.75) is 127 Å². The summed E-state index contributed by atoms with van der Waals surface area (Å²) in [7, 11) is -5.10. The first-order chi connectivity index (χ1) is 26.8. The predicted molar refractivity (Wildman–Crippen MR) is 180 cm³/mol. The topological polar surface area (TPSA) is 119 Å². The molecule has 4 bridgehead atoms. The zero-order valence-corrected chi connectivity index (χ0v) is 32.6. The predicted octanol–water partition coefficient (Wildman–Crippen LogP) is 9.33. The lowest BCUT2D eigenvalue weighted by Gasteiger charge is -2.57. The minimum atomic E-state index is -5.10. The fourth-order valence-corrected chi connectivity index (χ4v) is 12.0. The van der Waals surface area contributed by atoms with E-state index in [0.717, 1.165) is 0 Å². The number of fused-ring (bicyclic) bond motifs is 4. The third kappa shape index (κ3) is 6.46. The van der Waals surface area contributed by atoms with Gasteiger partial charge in [-0.25, -0.2) is 24.1 Å². The van der Waals surface area contributed by atoms with Crippen molar-refractivity contribution in [2.75, 3.05) is 13.2 Å². The van der Waals surface area contributed by atoms with Crippen molar-refractivity contribution in [3.63, 3.8) is 0 Å². The number of benzene rings is 1. The summed E-state index contributed by atoms with van der Waals surface area (Å²) >= 11 is 0. The number of rotatable bonds is 8. The zero-order valence-electron chi connectivity index (χ0n) is 31.7. The standard InChI is InChI=1S/C38H45F6O12P/c1-20-10-12-27-23(29(37(39,40)41)48-31-35(27)25(20)14-16-33(3,50-31)53-55-35)18-46-57(45,52-22-8-6-5-7-9-22)47-19-24-28-13-11-21(2)26-15-17-34(4)51-32(36(26,28)56-54-34)49-30(24)38(42,43)44/h5-9,20-21,25-28,31-32H,10-19H2,1-4H3/t20-,21-,25?,26?,27+,28+,31-,32?,33+,34+,35-,36-,57?/m1/s1. The first-order valence-corrected chi connectivity index (χ1v) is 20.9. The van der Waals surface area contributed by atoms with E-state index >= 15 is 0 Å². The number of alkyl halides is 6. The second-order valence-corrected chi connectivity index (χ2v) is 18.6. The average Bonchev–Trinajstić information content (AvgIpc) is 3.52. The Balaban J connectivity index is 1.08. The van der Waals surface area contributed by atoms with Crippen LogP contribution in [0.15, 0.2) is 53.0 Å². The fourth-order valence-electron chi connectivity index (χ4n) is 10.8. The molecule has 2 saturated carbocycles. The van der Waals surface area contributed by atoms with Gasteiger partial charge in [-0.1, -0.05) is 32.0 Å². The van der Waals surface area contributed by atoms with Crippen LogP contribution in [0.2, 0.25) is 0 Å². The second kappa shape index (κ2) is 13.5. The van der Waals surface area contributed by atoms with Gasteiger partial charge in [-0.2, -0.15) is 26.3 Å². The van der Waals surface area contributed by atoms with Gasteiger partial charge in [0.25, 0.3) is 0 Å². The number of hydrogen-bond donors (Lipinski definition) is 0. The van der Waals surface area contributed by atoms with Gasteiger partial charge in [0.15, 0.2) is 11.2 Å². The van der Waals surface area contributed by atoms with Crippen molar-refractivity contribution in [3.8, 4) is 5.75 Å². The van der Waals surface area contributed by atoms with Crippen LogP contribution in [0.25, 0.3) is 0 Å². The van der Waals surface area contributed by atoms with E-state index in [1.807, 2.05) is 13.8 Å². The molecule has 4 unspecified atom stereocenters. The first kappa shape index (κ1) is 40.0. The Kier molecular flexibility index (Phi) is 9.51. The monoisotopic (exact) mass is 838 g/mol. The highest BCUT2D eigenvalue weighted by atomic mass is 31.2. The molecule has 1 aromatic carbocycles. The highest BCUT2D eigenvalue weighted by Crippen LogP contribution is 2.64. The van der Waals surface area contributed by atoms with Crippen LogP contribution in [0.5, 0.6) is 5.75 Å². The summed E-state index contributed by atoms with van der Waals surface area (Å²) in [6.45, 7) is 5.07. The molecule has 6 saturated heterocycles. The summed E-state index contributed by atoms with van der Waals surface area (Å²) in [6, 6.07) is 7.47. The summed E-state index contributed by atoms with van der Waals surface area (Å²) in [4.78, 5) is 23.5. The number of allylic oxidation sites excluding steroid dienone is 2. The molecule has 8 aliphatic heterocycles. The summed E-state index contributed by atoms with van der Waals surface area (Å²) in [5.41, 5.74) is -3.91. The summed E-state index contributed by atoms with van der Waals surface area (Å²) in [5, 5.41) is 0. The van der Waals surface area contributed by atoms with E-state index < -0.39 is 103 Å². The van der Waals surface area contributed by atoms with Crippen molar-refractivity contribution in [1.82, 2.24) is 0 Å². The van der Waals surface area contributed by atoms with Crippen molar-refractivity contribution in [2.24, 2.45) is 35.5 Å². The zero-order chi connectivity index (χ0) is 40.4. The quantitative estimate of drug-likeness (QED) is 0.141. The average molecular weight is 839 g/mol. The van der Waals surface area contributed by atoms with Gasteiger partial charge >= 0.3 is 20.2 Å². The smallest absolute Gasteiger partial charge is 0.456 e. The molecule has 2 aliphatic carbocycles. The molecule has 2 spiro atoms. The number of phosphoric ester groups is 1. The Morgan fingerprint density at radius 2 is 1.11 bits per heavy atom. The molecular formula is C38H45F6O12P. The molecule has 13 atom stereocenters. The van der Waals surface area contributed by atoms with Crippen LogP contribution in [0, 0.1) is 35.5 Å². The van der Waals surface area contributed by atoms with Gasteiger partial charge in [0, 0.05) is 47.7 Å². The number of para-hydroxylation sites is 1. The van der Waals surface area contributed by atoms with Gasteiger partial charge in [0.1, 0.15) is 5.75 Å². The minimum Gasteiger partial charge on any atom is -0.456 e. The van der Waals surface area contributed by atoms with E-state index in [9.17, 15) is 30.9 Å². The van der Waals surface area contributed by atoms with Gasteiger partial charge in [-0.05, 0) is 76.3 Å². The van der Waals surface area contributed by atoms with Gasteiger partial charge in [0.05, 0.1) is 13.2 Å². The summed E-state index contributed by atoms with van der Waals surface area (Å²) in [6.07, 6.45) is -10.0. The third-order valence-corrected chi connectivity index (χ3v) is 14.9. The third-order valence-electron chi connectivity index (χ3n) is 13.5. The van der Waals surface area contributed by atoms with Gasteiger partial charge in [-0.15, -0.1) is 0 Å². The molecule has 1 aromatic rings. The Bertz CT molecular complexity index is 1750. The minimum absolute atomic E-state index is 0.00754. The second-order valence-electron chi connectivity index (χ2n) is 17.1. The molecule has 8 heterocycles. The molecule has 10 aliphatic rings. The summed E-state index contributed by atoms with van der Waals surface area (Å²) < 4.78 is 145. The summed E-state index contributed by atoms with van der Waals surface area (Å²) in [5.74, 6) is -8.40. The van der Waals surface area contributed by atoms with Gasteiger partial charge < -0.3 is 23.5 Å². The highest BCUT2D eigenvalue weighted by Gasteiger charge is 2.72. The lowest BCUT2D eigenvalue weighted by molar-refractivity contribution is -0.557. The molecule has 0 radical (unpaired) electrons. The molecule has 8 fully saturated rings. The van der Waals surface area contributed by atoms with Crippen LogP contribution in [0.4, 0.5) is 26.3 Å². The molecule has 0 aromatic heterocycles. The molecule has 57 heavy (non-hydrogen) atoms. The Hall–Kier alpha value is -2.41. The van der Waals surface area contributed by atoms with Gasteiger partial charge in [-0.3, -0.25) is 9.05 Å². The number of phosphoric acid groups is 1. The molecule has 19 heteroatoms. The van der Waals surface area contributed by atoms with E-state index in [1.54, 1.807) is 19.9 Å². The lowest BCUT2D eigenvalue weighted by Crippen LogP contribution is -2.67. The Morgan fingerprint density at radius 3 is 1.53 bits per heavy atom. The normalized spacial score (nSPS) is 43.5. The maximum atomic E-state index is 15.0. The molecule has 11 rings (SSSR count). The Morgan fingerprint density at radius 1 is 0.667 bits per heavy atom.